The average Bonchev–Trinajstić information content (AvgIpc) is 3.04. The van der Waals surface area contributed by atoms with Crippen LogP contribution in [0.25, 0.3) is 0 Å². The third-order valence-corrected chi connectivity index (χ3v) is 4.25. The Bertz CT molecular complexity index is 637. The van der Waals surface area contributed by atoms with Crippen molar-refractivity contribution in [1.29, 1.82) is 0 Å². The highest BCUT2D eigenvalue weighted by atomic mass is 16.4. The van der Waals surface area contributed by atoms with Crippen LogP contribution in [0, 0.1) is 0 Å². The number of anilines is 1. The van der Waals surface area contributed by atoms with Crippen LogP contribution in [-0.2, 0) is 5.41 Å². The normalized spacial score (nSPS) is 16.4. The molecule has 0 spiro atoms. The van der Waals surface area contributed by atoms with E-state index in [0.717, 1.165) is 25.1 Å². The summed E-state index contributed by atoms with van der Waals surface area (Å²) in [6, 6.07) is 6.02. The summed E-state index contributed by atoms with van der Waals surface area (Å²) in [6.07, 6.45) is 9.15. The number of aromatic carboxylic acids is 1. The minimum atomic E-state index is -1.07. The molecule has 114 valence electrons. The van der Waals surface area contributed by atoms with Crippen molar-refractivity contribution >= 4 is 11.8 Å². The van der Waals surface area contributed by atoms with Crippen molar-refractivity contribution in [3.63, 3.8) is 0 Å². The van der Waals surface area contributed by atoms with Crippen LogP contribution >= 0.6 is 0 Å². The highest BCUT2D eigenvalue weighted by molar-refractivity contribution is 5.84. The van der Waals surface area contributed by atoms with E-state index in [9.17, 15) is 4.79 Å². The third kappa shape index (κ3) is 2.90. The number of pyridine rings is 1. The Hall–Kier alpha value is -2.50. The highest BCUT2D eigenvalue weighted by Crippen LogP contribution is 2.40. The topological polar surface area (TPSA) is 88.0 Å². The molecule has 0 radical (unpaired) electrons. The van der Waals surface area contributed by atoms with Crippen molar-refractivity contribution in [2.45, 2.75) is 31.1 Å². The summed E-state index contributed by atoms with van der Waals surface area (Å²) in [5.41, 5.74) is 1.08. The van der Waals surface area contributed by atoms with Gasteiger partial charge in [-0.2, -0.15) is 0 Å². The molecule has 0 bridgehead atoms. The maximum atomic E-state index is 10.8. The van der Waals surface area contributed by atoms with E-state index >= 15 is 0 Å². The monoisotopic (exact) mass is 298 g/mol. The second-order valence-electron chi connectivity index (χ2n) is 5.65. The Kier molecular flexibility index (Phi) is 4.00. The van der Waals surface area contributed by atoms with Crippen molar-refractivity contribution in [1.82, 2.24) is 15.0 Å². The molecule has 0 unspecified atom stereocenters. The molecule has 1 aliphatic rings. The summed E-state index contributed by atoms with van der Waals surface area (Å²) in [5.74, 6) is -0.480. The van der Waals surface area contributed by atoms with E-state index in [2.05, 4.69) is 26.3 Å². The van der Waals surface area contributed by atoms with Crippen LogP contribution in [0.1, 0.15) is 41.9 Å². The van der Waals surface area contributed by atoms with Gasteiger partial charge in [0.25, 0.3) is 0 Å². The Morgan fingerprint density at radius 1 is 1.18 bits per heavy atom. The van der Waals surface area contributed by atoms with Gasteiger partial charge in [0, 0.05) is 23.9 Å². The zero-order valence-corrected chi connectivity index (χ0v) is 12.2. The van der Waals surface area contributed by atoms with Gasteiger partial charge < -0.3 is 10.4 Å². The molecule has 22 heavy (non-hydrogen) atoms. The van der Waals surface area contributed by atoms with Crippen molar-refractivity contribution in [3.8, 4) is 0 Å². The molecule has 0 aromatic carbocycles. The Labute approximate surface area is 128 Å². The van der Waals surface area contributed by atoms with Crippen LogP contribution in [0.5, 0.6) is 0 Å². The molecule has 2 aromatic rings. The standard InChI is InChI=1S/C16H18N4O2/c21-15(22)12-9-19-14(10-18-12)20-11-16(6-2-3-7-16)13-5-1-4-8-17-13/h1,4-5,8-10H,2-3,6-7,11H2,(H,19,20)(H,21,22). The van der Waals surface area contributed by atoms with Gasteiger partial charge in [-0.1, -0.05) is 18.9 Å². The van der Waals surface area contributed by atoms with Gasteiger partial charge in [-0.15, -0.1) is 0 Å². The second kappa shape index (κ2) is 6.09. The van der Waals surface area contributed by atoms with E-state index in [4.69, 9.17) is 5.11 Å². The Balaban J connectivity index is 1.74. The maximum Gasteiger partial charge on any atom is 0.356 e. The number of nitrogens with zero attached hydrogens (tertiary/aromatic N) is 3. The molecule has 3 rings (SSSR count). The fourth-order valence-corrected chi connectivity index (χ4v) is 3.04. The summed E-state index contributed by atoms with van der Waals surface area (Å²) in [4.78, 5) is 23.3. The Morgan fingerprint density at radius 2 is 2.00 bits per heavy atom. The number of nitrogens with one attached hydrogen (secondary N) is 1. The molecular weight excluding hydrogens is 280 g/mol. The molecule has 2 N–H and O–H groups in total. The first-order chi connectivity index (χ1) is 10.7. The molecule has 0 saturated heterocycles. The van der Waals surface area contributed by atoms with E-state index in [1.807, 2.05) is 18.3 Å². The van der Waals surface area contributed by atoms with Crippen LogP contribution in [-0.4, -0.2) is 32.6 Å². The zero-order valence-electron chi connectivity index (χ0n) is 12.2. The molecule has 6 heteroatoms. The highest BCUT2D eigenvalue weighted by Gasteiger charge is 2.36. The smallest absolute Gasteiger partial charge is 0.356 e. The lowest BCUT2D eigenvalue weighted by Crippen LogP contribution is -2.32. The fraction of sp³-hybridized carbons (Fsp3) is 0.375. The first-order valence-electron chi connectivity index (χ1n) is 7.40. The van der Waals surface area contributed by atoms with Gasteiger partial charge in [-0.25, -0.2) is 14.8 Å². The fourth-order valence-electron chi connectivity index (χ4n) is 3.04. The lowest BCUT2D eigenvalue weighted by Gasteiger charge is -2.28. The van der Waals surface area contributed by atoms with Crippen molar-refractivity contribution in [2.75, 3.05) is 11.9 Å². The largest absolute Gasteiger partial charge is 0.476 e. The van der Waals surface area contributed by atoms with Crippen LogP contribution in [0.4, 0.5) is 5.82 Å². The van der Waals surface area contributed by atoms with Gasteiger partial charge in [0.2, 0.25) is 0 Å². The first kappa shape index (κ1) is 14.4. The lowest BCUT2D eigenvalue weighted by atomic mass is 9.82. The predicted molar refractivity (Wildman–Crippen MR) is 81.9 cm³/mol. The molecule has 0 atom stereocenters. The van der Waals surface area contributed by atoms with Gasteiger partial charge in [-0.05, 0) is 25.0 Å². The molecule has 0 amide bonds. The van der Waals surface area contributed by atoms with Crippen LogP contribution in [0.3, 0.4) is 0 Å². The summed E-state index contributed by atoms with van der Waals surface area (Å²) in [5, 5.41) is 12.1. The molecule has 1 saturated carbocycles. The quantitative estimate of drug-likeness (QED) is 0.881. The van der Waals surface area contributed by atoms with Crippen LogP contribution in [0.2, 0.25) is 0 Å². The van der Waals surface area contributed by atoms with Crippen molar-refractivity contribution < 1.29 is 9.90 Å². The summed E-state index contributed by atoms with van der Waals surface area (Å²) in [7, 11) is 0. The van der Waals surface area contributed by atoms with E-state index in [1.54, 1.807) is 0 Å². The molecule has 2 heterocycles. The van der Waals surface area contributed by atoms with Crippen LogP contribution in [0.15, 0.2) is 36.8 Å². The minimum Gasteiger partial charge on any atom is -0.476 e. The lowest BCUT2D eigenvalue weighted by molar-refractivity contribution is 0.0690. The Morgan fingerprint density at radius 3 is 2.59 bits per heavy atom. The van der Waals surface area contributed by atoms with E-state index in [0.29, 0.717) is 5.82 Å². The van der Waals surface area contributed by atoms with Gasteiger partial charge in [-0.3, -0.25) is 4.98 Å². The van der Waals surface area contributed by atoms with Crippen LogP contribution < -0.4 is 5.32 Å². The predicted octanol–water partition coefficient (Wildman–Crippen LogP) is 2.49. The van der Waals surface area contributed by atoms with E-state index in [-0.39, 0.29) is 11.1 Å². The van der Waals surface area contributed by atoms with Gasteiger partial charge in [0.1, 0.15) is 5.82 Å². The summed E-state index contributed by atoms with van der Waals surface area (Å²) < 4.78 is 0. The van der Waals surface area contributed by atoms with Gasteiger partial charge in [0.15, 0.2) is 5.69 Å². The summed E-state index contributed by atoms with van der Waals surface area (Å²) in [6.45, 7) is 0.727. The number of rotatable bonds is 5. The molecule has 0 aliphatic heterocycles. The summed E-state index contributed by atoms with van der Waals surface area (Å²) >= 11 is 0. The zero-order chi connectivity index (χ0) is 15.4. The van der Waals surface area contributed by atoms with E-state index in [1.165, 1.54) is 25.2 Å². The minimum absolute atomic E-state index is 0.0222. The number of carbonyl (C=O) groups is 1. The number of aromatic nitrogens is 3. The maximum absolute atomic E-state index is 10.8. The SMILES string of the molecule is O=C(O)c1cnc(NCC2(c3ccccn3)CCCC2)cn1. The molecule has 1 aliphatic carbocycles. The number of carboxylic acid groups (broad SMARTS) is 1. The average molecular weight is 298 g/mol. The molecule has 2 aromatic heterocycles. The van der Waals surface area contributed by atoms with Gasteiger partial charge >= 0.3 is 5.97 Å². The molecule has 6 nitrogen and oxygen atoms in total. The molecular formula is C16H18N4O2. The van der Waals surface area contributed by atoms with Crippen molar-refractivity contribution in [3.05, 3.63) is 48.2 Å². The number of hydrogen-bond donors (Lipinski definition) is 2. The third-order valence-electron chi connectivity index (χ3n) is 4.25. The molecule has 1 fully saturated rings. The second-order valence-corrected chi connectivity index (χ2v) is 5.65. The van der Waals surface area contributed by atoms with Gasteiger partial charge in [0.05, 0.1) is 12.4 Å². The number of hydrogen-bond acceptors (Lipinski definition) is 5. The van der Waals surface area contributed by atoms with Crippen molar-refractivity contribution in [2.24, 2.45) is 0 Å². The van der Waals surface area contributed by atoms with E-state index < -0.39 is 5.97 Å². The first-order valence-corrected chi connectivity index (χ1v) is 7.40. The number of carboxylic acids is 1.